The van der Waals surface area contributed by atoms with Crippen molar-refractivity contribution in [1.29, 1.82) is 0 Å². The molecule has 0 aliphatic heterocycles. The highest BCUT2D eigenvalue weighted by Crippen LogP contribution is 2.20. The third-order valence-corrected chi connectivity index (χ3v) is 5.60. The molecule has 0 saturated heterocycles. The smallest absolute Gasteiger partial charge is 0.343 e. The molecule has 138 valence electrons. The second-order valence-corrected chi connectivity index (χ2v) is 7.83. The Bertz CT molecular complexity index is 1030. The van der Waals surface area contributed by atoms with E-state index in [1.54, 1.807) is 79.9 Å². The van der Waals surface area contributed by atoms with Crippen molar-refractivity contribution in [2.75, 3.05) is 7.11 Å². The van der Waals surface area contributed by atoms with Crippen molar-refractivity contribution in [1.82, 2.24) is 0 Å². The quantitative estimate of drug-likeness (QED) is 0.478. The number of carbonyl (C=O) groups excluding carboxylic acids is 1. The summed E-state index contributed by atoms with van der Waals surface area (Å²) in [6.07, 6.45) is 0. The number of carbonyl (C=O) groups is 1. The molecule has 0 radical (unpaired) electrons. The molecule has 0 aromatic heterocycles. The predicted molar refractivity (Wildman–Crippen MR) is 102 cm³/mol. The maximum atomic E-state index is 12.5. The van der Waals surface area contributed by atoms with Gasteiger partial charge in [-0.1, -0.05) is 30.3 Å². The van der Waals surface area contributed by atoms with Gasteiger partial charge in [0, 0.05) is 0 Å². The van der Waals surface area contributed by atoms with E-state index in [0.29, 0.717) is 17.1 Å². The normalized spacial score (nSPS) is 11.0. The molecular formula is C21H18O5S. The zero-order valence-electron chi connectivity index (χ0n) is 14.7. The van der Waals surface area contributed by atoms with Crippen molar-refractivity contribution in [3.8, 4) is 11.5 Å². The molecule has 0 fully saturated rings. The molecule has 0 unspecified atom stereocenters. The zero-order chi connectivity index (χ0) is 19.3. The standard InChI is InChI=1S/C21H18O5S/c1-25-18-10-12-19(13-11-18)26-21(22)17-7-5-6-16(14-17)15-27(23,24)20-8-3-2-4-9-20/h2-14H,15H2,1H3. The predicted octanol–water partition coefficient (Wildman–Crippen LogP) is 3.89. The molecule has 3 rings (SSSR count). The topological polar surface area (TPSA) is 69.7 Å². The van der Waals surface area contributed by atoms with E-state index in [0.717, 1.165) is 0 Å². The van der Waals surface area contributed by atoms with E-state index < -0.39 is 15.8 Å². The van der Waals surface area contributed by atoms with Crippen molar-refractivity contribution in [3.63, 3.8) is 0 Å². The van der Waals surface area contributed by atoms with Crippen molar-refractivity contribution >= 4 is 15.8 Å². The van der Waals surface area contributed by atoms with Crippen LogP contribution in [0.3, 0.4) is 0 Å². The highest BCUT2D eigenvalue weighted by molar-refractivity contribution is 7.90. The van der Waals surface area contributed by atoms with Crippen LogP contribution in [0.4, 0.5) is 0 Å². The Morgan fingerprint density at radius 2 is 1.52 bits per heavy atom. The molecule has 0 saturated carbocycles. The van der Waals surface area contributed by atoms with Crippen LogP contribution in [0.25, 0.3) is 0 Å². The summed E-state index contributed by atoms with van der Waals surface area (Å²) in [5.41, 5.74) is 0.801. The van der Waals surface area contributed by atoms with Gasteiger partial charge in [-0.15, -0.1) is 0 Å². The lowest BCUT2D eigenvalue weighted by molar-refractivity contribution is 0.0734. The second-order valence-electron chi connectivity index (χ2n) is 5.84. The molecule has 3 aromatic carbocycles. The Kier molecular flexibility index (Phi) is 5.57. The van der Waals surface area contributed by atoms with Gasteiger partial charge < -0.3 is 9.47 Å². The lowest BCUT2D eigenvalue weighted by Gasteiger charge is -2.08. The Morgan fingerprint density at radius 1 is 0.852 bits per heavy atom. The van der Waals surface area contributed by atoms with E-state index in [2.05, 4.69) is 0 Å². The molecule has 0 aliphatic rings. The molecule has 0 spiro atoms. The van der Waals surface area contributed by atoms with Crippen molar-refractivity contribution in [2.24, 2.45) is 0 Å². The third-order valence-electron chi connectivity index (χ3n) is 3.89. The molecular weight excluding hydrogens is 364 g/mol. The molecule has 5 nitrogen and oxygen atoms in total. The summed E-state index contributed by atoms with van der Waals surface area (Å²) in [7, 11) is -1.94. The van der Waals surface area contributed by atoms with Gasteiger partial charge in [0.1, 0.15) is 11.5 Å². The minimum absolute atomic E-state index is 0.194. The first-order valence-corrected chi connectivity index (χ1v) is 9.86. The number of hydrogen-bond donors (Lipinski definition) is 0. The average molecular weight is 382 g/mol. The summed E-state index contributed by atoms with van der Waals surface area (Å²) in [4.78, 5) is 12.6. The van der Waals surface area contributed by atoms with Gasteiger partial charge in [0.2, 0.25) is 0 Å². The fraction of sp³-hybridized carbons (Fsp3) is 0.0952. The summed E-state index contributed by atoms with van der Waals surface area (Å²) >= 11 is 0. The van der Waals surface area contributed by atoms with Crippen LogP contribution in [0.2, 0.25) is 0 Å². The van der Waals surface area contributed by atoms with E-state index in [1.807, 2.05) is 0 Å². The summed E-state index contributed by atoms with van der Waals surface area (Å²) in [6.45, 7) is 0. The molecule has 0 heterocycles. The molecule has 0 atom stereocenters. The molecule has 0 bridgehead atoms. The maximum absolute atomic E-state index is 12.5. The van der Waals surface area contributed by atoms with Gasteiger partial charge in [-0.05, 0) is 54.1 Å². The number of sulfone groups is 1. The van der Waals surface area contributed by atoms with E-state index in [9.17, 15) is 13.2 Å². The summed E-state index contributed by atoms with van der Waals surface area (Å²) in [6, 6.07) is 21.3. The SMILES string of the molecule is COc1ccc(OC(=O)c2cccc(CS(=O)(=O)c3ccccc3)c2)cc1. The van der Waals surface area contributed by atoms with Crippen LogP contribution in [0, 0.1) is 0 Å². The highest BCUT2D eigenvalue weighted by atomic mass is 32.2. The molecule has 27 heavy (non-hydrogen) atoms. The zero-order valence-corrected chi connectivity index (χ0v) is 15.5. The Hall–Kier alpha value is -3.12. The number of rotatable bonds is 6. The molecule has 6 heteroatoms. The minimum atomic E-state index is -3.49. The first-order valence-electron chi connectivity index (χ1n) is 8.21. The third kappa shape index (κ3) is 4.74. The molecule has 0 aliphatic carbocycles. The van der Waals surface area contributed by atoms with Crippen molar-refractivity contribution in [3.05, 3.63) is 90.0 Å². The summed E-state index contributed by atoms with van der Waals surface area (Å²) < 4.78 is 35.4. The first-order chi connectivity index (χ1) is 13.0. The number of methoxy groups -OCH3 is 1. The average Bonchev–Trinajstić information content (AvgIpc) is 2.69. The van der Waals surface area contributed by atoms with Crippen LogP contribution in [-0.2, 0) is 15.6 Å². The van der Waals surface area contributed by atoms with Crippen molar-refractivity contribution in [2.45, 2.75) is 10.6 Å². The van der Waals surface area contributed by atoms with Crippen LogP contribution < -0.4 is 9.47 Å². The van der Waals surface area contributed by atoms with Gasteiger partial charge in [-0.3, -0.25) is 0 Å². The fourth-order valence-corrected chi connectivity index (χ4v) is 3.89. The van der Waals surface area contributed by atoms with Crippen LogP contribution in [0.5, 0.6) is 11.5 Å². The van der Waals surface area contributed by atoms with Gasteiger partial charge >= 0.3 is 5.97 Å². The van der Waals surface area contributed by atoms with E-state index in [4.69, 9.17) is 9.47 Å². The Morgan fingerprint density at radius 3 is 2.19 bits per heavy atom. The lowest BCUT2D eigenvalue weighted by atomic mass is 10.1. The molecule has 3 aromatic rings. The van der Waals surface area contributed by atoms with Gasteiger partial charge in [-0.2, -0.15) is 0 Å². The second kappa shape index (κ2) is 8.05. The van der Waals surface area contributed by atoms with Gasteiger partial charge in [-0.25, -0.2) is 13.2 Å². The van der Waals surface area contributed by atoms with E-state index >= 15 is 0 Å². The highest BCUT2D eigenvalue weighted by Gasteiger charge is 2.16. The Balaban J connectivity index is 1.75. The number of esters is 1. The van der Waals surface area contributed by atoms with Crippen LogP contribution in [0.15, 0.2) is 83.8 Å². The van der Waals surface area contributed by atoms with Crippen LogP contribution in [-0.4, -0.2) is 21.5 Å². The summed E-state index contributed by atoms with van der Waals surface area (Å²) in [5, 5.41) is 0. The maximum Gasteiger partial charge on any atom is 0.343 e. The fourth-order valence-electron chi connectivity index (χ4n) is 2.53. The van der Waals surface area contributed by atoms with Gasteiger partial charge in [0.25, 0.3) is 0 Å². The largest absolute Gasteiger partial charge is 0.497 e. The van der Waals surface area contributed by atoms with E-state index in [1.165, 1.54) is 6.07 Å². The number of ether oxygens (including phenoxy) is 2. The van der Waals surface area contributed by atoms with Crippen LogP contribution >= 0.6 is 0 Å². The first kappa shape index (κ1) is 18.7. The summed E-state index contributed by atoms with van der Waals surface area (Å²) in [5.74, 6) is 0.283. The van der Waals surface area contributed by atoms with E-state index in [-0.39, 0.29) is 16.2 Å². The Labute approximate surface area is 158 Å². The molecule has 0 N–H and O–H groups in total. The van der Waals surface area contributed by atoms with Crippen molar-refractivity contribution < 1.29 is 22.7 Å². The number of hydrogen-bond acceptors (Lipinski definition) is 5. The minimum Gasteiger partial charge on any atom is -0.497 e. The number of benzene rings is 3. The van der Waals surface area contributed by atoms with Gasteiger partial charge in [0.15, 0.2) is 9.84 Å². The monoisotopic (exact) mass is 382 g/mol. The lowest BCUT2D eigenvalue weighted by Crippen LogP contribution is -2.10. The molecule has 0 amide bonds. The van der Waals surface area contributed by atoms with Crippen LogP contribution in [0.1, 0.15) is 15.9 Å². The van der Waals surface area contributed by atoms with Gasteiger partial charge in [0.05, 0.1) is 23.3 Å².